The number of nitrogens with zero attached hydrogens (tertiary/aromatic N) is 5. The maximum Gasteiger partial charge on any atom is 0.227 e. The molecule has 0 unspecified atom stereocenters. The second-order valence-corrected chi connectivity index (χ2v) is 7.91. The third-order valence-corrected chi connectivity index (χ3v) is 4.77. The van der Waals surface area contributed by atoms with Crippen molar-refractivity contribution in [3.63, 3.8) is 0 Å². The maximum atomic E-state index is 12.6. The Balaban J connectivity index is 1.77. The third kappa shape index (κ3) is 3.89. The highest BCUT2D eigenvalue weighted by Crippen LogP contribution is 2.27. The van der Waals surface area contributed by atoms with E-state index in [0.29, 0.717) is 5.92 Å². The number of rotatable bonds is 3. The molecule has 134 valence electrons. The number of likely N-dealkylation sites (tertiary alicyclic amines) is 1. The molecule has 0 bridgehead atoms. The molecule has 2 aromatic heterocycles. The second-order valence-electron chi connectivity index (χ2n) is 7.91. The maximum absolute atomic E-state index is 12.6. The van der Waals surface area contributed by atoms with Gasteiger partial charge in [-0.1, -0.05) is 20.8 Å². The van der Waals surface area contributed by atoms with E-state index in [1.807, 2.05) is 43.5 Å². The van der Waals surface area contributed by atoms with Crippen molar-refractivity contribution in [3.05, 3.63) is 30.4 Å². The van der Waals surface area contributed by atoms with Crippen LogP contribution in [0.3, 0.4) is 0 Å². The number of aryl methyl sites for hydroxylation is 1. The lowest BCUT2D eigenvalue weighted by molar-refractivity contribution is -0.141. The molecule has 0 aromatic carbocycles. The van der Waals surface area contributed by atoms with Gasteiger partial charge in [0.05, 0.1) is 11.4 Å². The molecule has 1 aliphatic rings. The van der Waals surface area contributed by atoms with Gasteiger partial charge in [-0.3, -0.25) is 19.4 Å². The Labute approximate surface area is 149 Å². The van der Waals surface area contributed by atoms with Crippen LogP contribution in [-0.4, -0.2) is 43.6 Å². The third-order valence-electron chi connectivity index (χ3n) is 4.77. The first-order valence-corrected chi connectivity index (χ1v) is 8.94. The first kappa shape index (κ1) is 17.6. The molecule has 3 rings (SSSR count). The lowest BCUT2D eigenvalue weighted by Crippen LogP contribution is -2.45. The van der Waals surface area contributed by atoms with Crippen LogP contribution in [0.15, 0.2) is 24.7 Å². The van der Waals surface area contributed by atoms with Crippen LogP contribution in [0.2, 0.25) is 0 Å². The second kappa shape index (κ2) is 6.94. The van der Waals surface area contributed by atoms with Crippen molar-refractivity contribution in [1.82, 2.24) is 24.6 Å². The van der Waals surface area contributed by atoms with Crippen LogP contribution in [0, 0.1) is 11.3 Å². The molecule has 0 aliphatic carbocycles. The summed E-state index contributed by atoms with van der Waals surface area (Å²) in [5, 5.41) is 4.24. The Morgan fingerprint density at radius 2 is 2.00 bits per heavy atom. The monoisotopic (exact) mass is 341 g/mol. The molecule has 1 aliphatic heterocycles. The minimum absolute atomic E-state index is 0.239. The van der Waals surface area contributed by atoms with Crippen LogP contribution in [-0.2, 0) is 18.3 Å². The summed E-state index contributed by atoms with van der Waals surface area (Å²) < 4.78 is 1.82. The number of carbonyl (C=O) groups excluding carboxylic acids is 1. The SMILES string of the molecule is Cn1nccc1-c1nccnc1C[C@@H]1CCCN(C(=O)C(C)(C)C)C1. The van der Waals surface area contributed by atoms with Crippen LogP contribution in [0.4, 0.5) is 0 Å². The van der Waals surface area contributed by atoms with Crippen LogP contribution >= 0.6 is 0 Å². The molecule has 0 N–H and O–H groups in total. The van der Waals surface area contributed by atoms with Gasteiger partial charge in [0.25, 0.3) is 0 Å². The topological polar surface area (TPSA) is 63.9 Å². The van der Waals surface area contributed by atoms with Crippen molar-refractivity contribution in [2.75, 3.05) is 13.1 Å². The lowest BCUT2D eigenvalue weighted by Gasteiger charge is -2.36. The summed E-state index contributed by atoms with van der Waals surface area (Å²) in [6.07, 6.45) is 8.25. The molecule has 1 amide bonds. The highest BCUT2D eigenvalue weighted by Gasteiger charge is 2.31. The molecular formula is C19H27N5O. The minimum Gasteiger partial charge on any atom is -0.342 e. The van der Waals surface area contributed by atoms with Crippen LogP contribution in [0.5, 0.6) is 0 Å². The normalized spacial score (nSPS) is 18.4. The zero-order valence-electron chi connectivity index (χ0n) is 15.6. The fourth-order valence-corrected chi connectivity index (χ4v) is 3.50. The summed E-state index contributed by atoms with van der Waals surface area (Å²) in [5.74, 6) is 0.659. The molecular weight excluding hydrogens is 314 g/mol. The first-order chi connectivity index (χ1) is 11.9. The minimum atomic E-state index is -0.325. The van der Waals surface area contributed by atoms with Gasteiger partial charge < -0.3 is 4.90 Å². The van der Waals surface area contributed by atoms with E-state index < -0.39 is 0 Å². The quantitative estimate of drug-likeness (QED) is 0.861. The molecule has 0 saturated carbocycles. The fraction of sp³-hybridized carbons (Fsp3) is 0.579. The van der Waals surface area contributed by atoms with Crippen LogP contribution < -0.4 is 0 Å². The summed E-state index contributed by atoms with van der Waals surface area (Å²) >= 11 is 0. The van der Waals surface area contributed by atoms with Crippen molar-refractivity contribution in [2.24, 2.45) is 18.4 Å². The highest BCUT2D eigenvalue weighted by atomic mass is 16.2. The van der Waals surface area contributed by atoms with E-state index in [-0.39, 0.29) is 11.3 Å². The molecule has 3 heterocycles. The Bertz CT molecular complexity index is 746. The number of hydrogen-bond acceptors (Lipinski definition) is 4. The lowest BCUT2D eigenvalue weighted by atomic mass is 9.89. The van der Waals surface area contributed by atoms with E-state index in [0.717, 1.165) is 49.4 Å². The number of aromatic nitrogens is 4. The highest BCUT2D eigenvalue weighted by molar-refractivity contribution is 5.81. The average Bonchev–Trinajstić information content (AvgIpc) is 3.00. The van der Waals surface area contributed by atoms with Gasteiger partial charge in [0.2, 0.25) is 5.91 Å². The van der Waals surface area contributed by atoms with Crippen molar-refractivity contribution >= 4 is 5.91 Å². The number of carbonyl (C=O) groups is 1. The van der Waals surface area contributed by atoms with E-state index >= 15 is 0 Å². The van der Waals surface area contributed by atoms with Crippen molar-refractivity contribution < 1.29 is 4.79 Å². The van der Waals surface area contributed by atoms with Gasteiger partial charge >= 0.3 is 0 Å². The van der Waals surface area contributed by atoms with Gasteiger partial charge in [0.15, 0.2) is 0 Å². The predicted octanol–water partition coefficient (Wildman–Crippen LogP) is 2.70. The van der Waals surface area contributed by atoms with E-state index in [1.54, 1.807) is 18.6 Å². The van der Waals surface area contributed by atoms with Gasteiger partial charge in [-0.05, 0) is 31.2 Å². The molecule has 6 heteroatoms. The van der Waals surface area contributed by atoms with Crippen molar-refractivity contribution in [2.45, 2.75) is 40.0 Å². The molecule has 6 nitrogen and oxygen atoms in total. The summed E-state index contributed by atoms with van der Waals surface area (Å²) in [6.45, 7) is 7.63. The van der Waals surface area contributed by atoms with Crippen molar-refractivity contribution in [1.29, 1.82) is 0 Å². The van der Waals surface area contributed by atoms with E-state index in [2.05, 4.69) is 15.1 Å². The van der Waals surface area contributed by atoms with Crippen LogP contribution in [0.25, 0.3) is 11.4 Å². The fourth-order valence-electron chi connectivity index (χ4n) is 3.50. The van der Waals surface area contributed by atoms with Gasteiger partial charge in [0.1, 0.15) is 5.69 Å². The Kier molecular flexibility index (Phi) is 4.88. The number of hydrogen-bond donors (Lipinski definition) is 0. The van der Waals surface area contributed by atoms with E-state index in [9.17, 15) is 4.79 Å². The Morgan fingerprint density at radius 3 is 2.68 bits per heavy atom. The average molecular weight is 341 g/mol. The summed E-state index contributed by atoms with van der Waals surface area (Å²) in [4.78, 5) is 23.7. The molecule has 0 spiro atoms. The van der Waals surface area contributed by atoms with E-state index in [4.69, 9.17) is 0 Å². The zero-order chi connectivity index (χ0) is 18.0. The molecule has 1 fully saturated rings. The van der Waals surface area contributed by atoms with Crippen molar-refractivity contribution in [3.8, 4) is 11.4 Å². The molecule has 25 heavy (non-hydrogen) atoms. The van der Waals surface area contributed by atoms with Gasteiger partial charge in [-0.25, -0.2) is 0 Å². The Morgan fingerprint density at radius 1 is 1.24 bits per heavy atom. The van der Waals surface area contributed by atoms with Gasteiger partial charge in [-0.15, -0.1) is 0 Å². The Hall–Kier alpha value is -2.24. The van der Waals surface area contributed by atoms with Crippen LogP contribution in [0.1, 0.15) is 39.3 Å². The first-order valence-electron chi connectivity index (χ1n) is 8.94. The standard InChI is InChI=1S/C19H27N5O/c1-19(2,3)18(25)24-11-5-6-14(13-24)12-15-17(21-10-9-20-15)16-7-8-22-23(16)4/h7-10,14H,5-6,11-13H2,1-4H3/t14-/m0/s1. The predicted molar refractivity (Wildman–Crippen MR) is 96.7 cm³/mol. The number of piperidine rings is 1. The largest absolute Gasteiger partial charge is 0.342 e. The summed E-state index contributed by atoms with van der Waals surface area (Å²) in [6, 6.07) is 1.96. The van der Waals surface area contributed by atoms with Gasteiger partial charge in [-0.2, -0.15) is 5.10 Å². The molecule has 1 atom stereocenters. The van der Waals surface area contributed by atoms with Gasteiger partial charge in [0, 0.05) is 44.1 Å². The molecule has 0 radical (unpaired) electrons. The molecule has 1 saturated heterocycles. The summed E-state index contributed by atoms with van der Waals surface area (Å²) in [7, 11) is 1.91. The smallest absolute Gasteiger partial charge is 0.227 e. The van der Waals surface area contributed by atoms with E-state index in [1.165, 1.54) is 0 Å². The summed E-state index contributed by atoms with van der Waals surface area (Å²) in [5.41, 5.74) is 2.53. The number of amides is 1. The molecule has 2 aromatic rings. The zero-order valence-corrected chi connectivity index (χ0v) is 15.6.